The van der Waals surface area contributed by atoms with Gasteiger partial charge in [0, 0.05) is 38.1 Å². The first kappa shape index (κ1) is 15.7. The van der Waals surface area contributed by atoms with Crippen LogP contribution in [0.4, 0.5) is 5.69 Å². The molecule has 1 saturated heterocycles. The number of nitrogens with one attached hydrogen (secondary N) is 2. The van der Waals surface area contributed by atoms with E-state index in [0.717, 1.165) is 13.1 Å². The van der Waals surface area contributed by atoms with E-state index in [1.165, 1.54) is 12.3 Å². The lowest BCUT2D eigenvalue weighted by atomic mass is 10.4. The molecule has 1 aliphatic rings. The van der Waals surface area contributed by atoms with Crippen LogP contribution in [0.2, 0.25) is 5.15 Å². The molecular weight excluding hydrogens is 296 g/mol. The van der Waals surface area contributed by atoms with Gasteiger partial charge in [0.1, 0.15) is 5.15 Å². The molecular formula is C13H17ClN4O3. The maximum Gasteiger partial charge on any atom is 0.313 e. The zero-order valence-electron chi connectivity index (χ0n) is 11.5. The Morgan fingerprint density at radius 2 is 2.10 bits per heavy atom. The van der Waals surface area contributed by atoms with Crippen LogP contribution in [0.5, 0.6) is 0 Å². The van der Waals surface area contributed by atoms with Crippen molar-refractivity contribution in [1.29, 1.82) is 0 Å². The molecule has 1 aromatic rings. The van der Waals surface area contributed by atoms with Gasteiger partial charge in [-0.2, -0.15) is 0 Å². The predicted octanol–water partition coefficient (Wildman–Crippen LogP) is 0.122. The average Bonchev–Trinajstić information content (AvgIpc) is 2.48. The third-order valence-corrected chi connectivity index (χ3v) is 3.21. The van der Waals surface area contributed by atoms with Gasteiger partial charge < -0.3 is 15.4 Å². The van der Waals surface area contributed by atoms with E-state index in [1.54, 1.807) is 6.07 Å². The molecule has 8 heteroatoms. The Bertz CT molecular complexity index is 506. The number of hydrogen-bond donors (Lipinski definition) is 2. The Morgan fingerprint density at radius 3 is 2.81 bits per heavy atom. The number of halogens is 1. The van der Waals surface area contributed by atoms with Gasteiger partial charge in [0.2, 0.25) is 0 Å². The summed E-state index contributed by atoms with van der Waals surface area (Å²) in [5.41, 5.74) is 0.434. The van der Waals surface area contributed by atoms with E-state index in [-0.39, 0.29) is 5.15 Å². The van der Waals surface area contributed by atoms with Gasteiger partial charge in [-0.1, -0.05) is 11.6 Å². The van der Waals surface area contributed by atoms with Crippen LogP contribution in [0.3, 0.4) is 0 Å². The van der Waals surface area contributed by atoms with Gasteiger partial charge >= 0.3 is 11.8 Å². The van der Waals surface area contributed by atoms with Crippen molar-refractivity contribution in [3.63, 3.8) is 0 Å². The highest BCUT2D eigenvalue weighted by atomic mass is 35.5. The summed E-state index contributed by atoms with van der Waals surface area (Å²) in [7, 11) is 0. The SMILES string of the molecule is O=C(NCCN1CCOCC1)C(=O)Nc1ccnc(Cl)c1. The monoisotopic (exact) mass is 312 g/mol. The van der Waals surface area contributed by atoms with Crippen molar-refractivity contribution in [3.05, 3.63) is 23.5 Å². The lowest BCUT2D eigenvalue weighted by Gasteiger charge is -2.26. The number of nitrogens with zero attached hydrogens (tertiary/aromatic N) is 2. The zero-order valence-corrected chi connectivity index (χ0v) is 12.2. The van der Waals surface area contributed by atoms with Crippen LogP contribution < -0.4 is 10.6 Å². The number of hydrogen-bond acceptors (Lipinski definition) is 5. The number of morpholine rings is 1. The third kappa shape index (κ3) is 5.30. The zero-order chi connectivity index (χ0) is 15.1. The molecule has 114 valence electrons. The molecule has 0 aliphatic carbocycles. The summed E-state index contributed by atoms with van der Waals surface area (Å²) in [6, 6.07) is 3.03. The smallest absolute Gasteiger partial charge is 0.313 e. The summed E-state index contributed by atoms with van der Waals surface area (Å²) in [5, 5.41) is 5.29. The molecule has 2 amide bonds. The fraction of sp³-hybridized carbons (Fsp3) is 0.462. The summed E-state index contributed by atoms with van der Waals surface area (Å²) in [6.45, 7) is 4.22. The van der Waals surface area contributed by atoms with E-state index in [2.05, 4.69) is 20.5 Å². The molecule has 0 spiro atoms. The molecule has 7 nitrogen and oxygen atoms in total. The molecule has 0 saturated carbocycles. The second-order valence-corrected chi connectivity index (χ2v) is 4.92. The minimum atomic E-state index is -0.723. The van der Waals surface area contributed by atoms with Crippen LogP contribution in [-0.4, -0.2) is 61.1 Å². The van der Waals surface area contributed by atoms with Crippen molar-refractivity contribution in [2.45, 2.75) is 0 Å². The fourth-order valence-corrected chi connectivity index (χ4v) is 2.07. The first-order valence-electron chi connectivity index (χ1n) is 6.66. The number of anilines is 1. The number of carbonyl (C=O) groups is 2. The van der Waals surface area contributed by atoms with Crippen molar-refractivity contribution < 1.29 is 14.3 Å². The van der Waals surface area contributed by atoms with Gasteiger partial charge in [-0.3, -0.25) is 14.5 Å². The molecule has 0 aromatic carbocycles. The van der Waals surface area contributed by atoms with Crippen molar-refractivity contribution >= 4 is 29.1 Å². The van der Waals surface area contributed by atoms with E-state index in [1.807, 2.05) is 0 Å². The van der Waals surface area contributed by atoms with Crippen LogP contribution in [0.25, 0.3) is 0 Å². The van der Waals surface area contributed by atoms with Gasteiger partial charge in [0.25, 0.3) is 0 Å². The highest BCUT2D eigenvalue weighted by Crippen LogP contribution is 2.11. The van der Waals surface area contributed by atoms with Crippen LogP contribution in [-0.2, 0) is 14.3 Å². The quantitative estimate of drug-likeness (QED) is 0.609. The molecule has 1 aliphatic heterocycles. The second kappa shape index (κ2) is 7.92. The van der Waals surface area contributed by atoms with E-state index in [9.17, 15) is 9.59 Å². The van der Waals surface area contributed by atoms with Crippen molar-refractivity contribution in [1.82, 2.24) is 15.2 Å². The molecule has 0 radical (unpaired) electrons. The Hall–Kier alpha value is -1.70. The highest BCUT2D eigenvalue weighted by molar-refractivity contribution is 6.39. The molecule has 21 heavy (non-hydrogen) atoms. The Kier molecular flexibility index (Phi) is 5.91. The lowest BCUT2D eigenvalue weighted by Crippen LogP contribution is -2.43. The minimum Gasteiger partial charge on any atom is -0.379 e. The maximum absolute atomic E-state index is 11.7. The molecule has 2 N–H and O–H groups in total. The fourth-order valence-electron chi connectivity index (χ4n) is 1.90. The predicted molar refractivity (Wildman–Crippen MR) is 78.1 cm³/mol. The summed E-state index contributed by atoms with van der Waals surface area (Å²) >= 11 is 5.70. The first-order valence-corrected chi connectivity index (χ1v) is 7.04. The number of aromatic nitrogens is 1. The second-order valence-electron chi connectivity index (χ2n) is 4.53. The van der Waals surface area contributed by atoms with Crippen LogP contribution >= 0.6 is 11.6 Å². The van der Waals surface area contributed by atoms with E-state index >= 15 is 0 Å². The Balaban J connectivity index is 1.71. The number of carbonyl (C=O) groups excluding carboxylic acids is 2. The third-order valence-electron chi connectivity index (χ3n) is 3.01. The van der Waals surface area contributed by atoms with E-state index < -0.39 is 11.8 Å². The molecule has 0 bridgehead atoms. The number of rotatable bonds is 4. The van der Waals surface area contributed by atoms with Crippen LogP contribution in [0.1, 0.15) is 0 Å². The summed E-state index contributed by atoms with van der Waals surface area (Å²) in [6.07, 6.45) is 1.45. The largest absolute Gasteiger partial charge is 0.379 e. The lowest BCUT2D eigenvalue weighted by molar-refractivity contribution is -0.136. The standard InChI is InChI=1S/C13H17ClN4O3/c14-11-9-10(1-2-15-11)17-13(20)12(19)16-3-4-18-5-7-21-8-6-18/h1-2,9H,3-8H2,(H,16,19)(H,15,17,20). The van der Waals surface area contributed by atoms with Gasteiger partial charge in [-0.25, -0.2) is 4.98 Å². The number of amides is 2. The maximum atomic E-state index is 11.7. The van der Waals surface area contributed by atoms with Gasteiger partial charge in [-0.15, -0.1) is 0 Å². The normalized spacial score (nSPS) is 15.5. The van der Waals surface area contributed by atoms with Crippen molar-refractivity contribution in [2.24, 2.45) is 0 Å². The molecule has 0 atom stereocenters. The number of ether oxygens (including phenoxy) is 1. The molecule has 0 unspecified atom stereocenters. The molecule has 1 aromatic heterocycles. The summed E-state index contributed by atoms with van der Waals surface area (Å²) < 4.78 is 5.23. The number of pyridine rings is 1. The molecule has 2 rings (SSSR count). The van der Waals surface area contributed by atoms with Gasteiger partial charge in [0.15, 0.2) is 0 Å². The van der Waals surface area contributed by atoms with Crippen molar-refractivity contribution in [2.75, 3.05) is 44.7 Å². The first-order chi connectivity index (χ1) is 10.1. The molecule has 2 heterocycles. The van der Waals surface area contributed by atoms with Crippen molar-refractivity contribution in [3.8, 4) is 0 Å². The van der Waals surface area contributed by atoms with Gasteiger partial charge in [-0.05, 0) is 12.1 Å². The van der Waals surface area contributed by atoms with E-state index in [4.69, 9.17) is 16.3 Å². The molecule has 1 fully saturated rings. The topological polar surface area (TPSA) is 83.6 Å². The highest BCUT2D eigenvalue weighted by Gasteiger charge is 2.15. The Labute approximate surface area is 127 Å². The Morgan fingerprint density at radius 1 is 1.33 bits per heavy atom. The van der Waals surface area contributed by atoms with E-state index in [0.29, 0.717) is 32.0 Å². The van der Waals surface area contributed by atoms with Crippen LogP contribution in [0.15, 0.2) is 18.3 Å². The minimum absolute atomic E-state index is 0.250. The average molecular weight is 313 g/mol. The summed E-state index contributed by atoms with van der Waals surface area (Å²) in [5.74, 6) is -1.39. The van der Waals surface area contributed by atoms with Crippen LogP contribution in [0, 0.1) is 0 Å². The van der Waals surface area contributed by atoms with Gasteiger partial charge in [0.05, 0.1) is 13.2 Å². The summed E-state index contributed by atoms with van der Waals surface area (Å²) in [4.78, 5) is 29.3.